The summed E-state index contributed by atoms with van der Waals surface area (Å²) < 4.78 is 74.5. The molecule has 0 atom stereocenters. The average Bonchev–Trinajstić information content (AvgIpc) is 2.69. The number of hydrogen-bond acceptors (Lipinski definition) is 6. The van der Waals surface area contributed by atoms with Crippen LogP contribution in [0, 0.1) is 0 Å². The fraction of sp³-hybridized carbons (Fsp3) is 0.278. The van der Waals surface area contributed by atoms with Crippen molar-refractivity contribution in [1.82, 2.24) is 9.71 Å². The Morgan fingerprint density at radius 3 is 2.43 bits per heavy atom. The lowest BCUT2D eigenvalue weighted by atomic mass is 10.2. The number of anilines is 1. The smallest absolute Gasteiger partial charge is 0.417 e. The minimum absolute atomic E-state index is 0.0183. The SMILES string of the molecule is COc1ccc(C=CS(=O)(=O)NCCNc2ncc(C(F)(F)F)cc2Cl)cc1OC. The van der Waals surface area contributed by atoms with E-state index >= 15 is 0 Å². The zero-order valence-corrected chi connectivity index (χ0v) is 17.5. The van der Waals surface area contributed by atoms with Gasteiger partial charge in [-0.05, 0) is 29.8 Å². The van der Waals surface area contributed by atoms with Gasteiger partial charge in [0, 0.05) is 24.7 Å². The summed E-state index contributed by atoms with van der Waals surface area (Å²) in [5.41, 5.74) is -0.393. The first-order valence-electron chi connectivity index (χ1n) is 8.42. The topological polar surface area (TPSA) is 89.6 Å². The molecule has 0 spiro atoms. The number of aromatic nitrogens is 1. The maximum atomic E-state index is 12.6. The van der Waals surface area contributed by atoms with Gasteiger partial charge in [0.15, 0.2) is 11.5 Å². The van der Waals surface area contributed by atoms with Gasteiger partial charge in [-0.2, -0.15) is 13.2 Å². The van der Waals surface area contributed by atoms with Crippen molar-refractivity contribution in [3.8, 4) is 11.5 Å². The molecular weight excluding hydrogens is 447 g/mol. The Bertz CT molecular complexity index is 1010. The van der Waals surface area contributed by atoms with Crippen molar-refractivity contribution in [3.63, 3.8) is 0 Å². The van der Waals surface area contributed by atoms with Gasteiger partial charge in [0.25, 0.3) is 0 Å². The molecule has 12 heteroatoms. The molecule has 0 bridgehead atoms. The van der Waals surface area contributed by atoms with Crippen LogP contribution in [0.25, 0.3) is 6.08 Å². The third kappa shape index (κ3) is 6.78. The van der Waals surface area contributed by atoms with E-state index in [0.29, 0.717) is 23.3 Å². The molecule has 0 aliphatic carbocycles. The predicted octanol–water partition coefficient (Wildman–Crippen LogP) is 3.77. The van der Waals surface area contributed by atoms with Crippen LogP contribution >= 0.6 is 11.6 Å². The van der Waals surface area contributed by atoms with E-state index < -0.39 is 21.8 Å². The monoisotopic (exact) mass is 465 g/mol. The Balaban J connectivity index is 1.91. The fourth-order valence-electron chi connectivity index (χ4n) is 2.27. The Morgan fingerprint density at radius 1 is 1.13 bits per heavy atom. The largest absolute Gasteiger partial charge is 0.493 e. The second-order valence-corrected chi connectivity index (χ2v) is 7.89. The van der Waals surface area contributed by atoms with Crippen LogP contribution in [-0.4, -0.2) is 40.7 Å². The lowest BCUT2D eigenvalue weighted by Gasteiger charge is -2.11. The molecule has 0 aliphatic rings. The molecule has 0 unspecified atom stereocenters. The zero-order valence-electron chi connectivity index (χ0n) is 16.0. The second-order valence-electron chi connectivity index (χ2n) is 5.84. The lowest BCUT2D eigenvalue weighted by molar-refractivity contribution is -0.137. The summed E-state index contributed by atoms with van der Waals surface area (Å²) in [5.74, 6) is 0.983. The summed E-state index contributed by atoms with van der Waals surface area (Å²) in [5, 5.41) is 3.44. The summed E-state index contributed by atoms with van der Waals surface area (Å²) in [7, 11) is -0.795. The molecule has 0 saturated heterocycles. The van der Waals surface area contributed by atoms with Crippen LogP contribution in [-0.2, 0) is 16.2 Å². The molecule has 2 N–H and O–H groups in total. The van der Waals surface area contributed by atoms with Crippen molar-refractivity contribution in [3.05, 3.63) is 52.0 Å². The highest BCUT2D eigenvalue weighted by atomic mass is 35.5. The number of rotatable bonds is 9. The van der Waals surface area contributed by atoms with E-state index in [0.717, 1.165) is 11.5 Å². The molecule has 164 valence electrons. The zero-order chi connectivity index (χ0) is 22.4. The highest BCUT2D eigenvalue weighted by Crippen LogP contribution is 2.32. The van der Waals surface area contributed by atoms with E-state index in [4.69, 9.17) is 21.1 Å². The number of halogens is 4. The highest BCUT2D eigenvalue weighted by Gasteiger charge is 2.31. The Hall–Kier alpha value is -2.50. The Morgan fingerprint density at radius 2 is 1.83 bits per heavy atom. The van der Waals surface area contributed by atoms with Crippen molar-refractivity contribution < 1.29 is 31.1 Å². The molecule has 0 amide bonds. The first kappa shape index (κ1) is 23.8. The van der Waals surface area contributed by atoms with E-state index in [1.54, 1.807) is 18.2 Å². The van der Waals surface area contributed by atoms with Crippen molar-refractivity contribution in [2.75, 3.05) is 32.6 Å². The van der Waals surface area contributed by atoms with Crippen LogP contribution in [0.2, 0.25) is 5.02 Å². The second kappa shape index (κ2) is 10.0. The maximum absolute atomic E-state index is 12.6. The van der Waals surface area contributed by atoms with Gasteiger partial charge >= 0.3 is 6.18 Å². The molecule has 1 aromatic carbocycles. The quantitative estimate of drug-likeness (QED) is 0.548. The van der Waals surface area contributed by atoms with Gasteiger partial charge in [0.2, 0.25) is 10.0 Å². The van der Waals surface area contributed by atoms with Crippen LogP contribution in [0.5, 0.6) is 11.5 Å². The number of benzene rings is 1. The van der Waals surface area contributed by atoms with Gasteiger partial charge < -0.3 is 14.8 Å². The van der Waals surface area contributed by atoms with Crippen molar-refractivity contribution in [1.29, 1.82) is 0 Å². The third-order valence-corrected chi connectivity index (χ3v) is 5.13. The molecule has 7 nitrogen and oxygen atoms in total. The maximum Gasteiger partial charge on any atom is 0.417 e. The van der Waals surface area contributed by atoms with Gasteiger partial charge in [-0.3, -0.25) is 0 Å². The van der Waals surface area contributed by atoms with Gasteiger partial charge in [0.1, 0.15) is 5.82 Å². The number of pyridine rings is 1. The van der Waals surface area contributed by atoms with Gasteiger partial charge in [-0.1, -0.05) is 17.7 Å². The highest BCUT2D eigenvalue weighted by molar-refractivity contribution is 7.92. The molecule has 0 aliphatic heterocycles. The molecule has 1 heterocycles. The summed E-state index contributed by atoms with van der Waals surface area (Å²) in [6.45, 7) is 0.0130. The van der Waals surface area contributed by atoms with Gasteiger partial charge in [-0.25, -0.2) is 18.1 Å². The average molecular weight is 466 g/mol. The van der Waals surface area contributed by atoms with Crippen molar-refractivity contribution >= 4 is 33.5 Å². The molecule has 2 aromatic rings. The number of nitrogens with one attached hydrogen (secondary N) is 2. The lowest BCUT2D eigenvalue weighted by Crippen LogP contribution is -2.27. The molecule has 0 saturated carbocycles. The predicted molar refractivity (Wildman–Crippen MR) is 108 cm³/mol. The van der Waals surface area contributed by atoms with Crippen molar-refractivity contribution in [2.24, 2.45) is 0 Å². The summed E-state index contributed by atoms with van der Waals surface area (Å²) in [6, 6.07) is 5.66. The van der Waals surface area contributed by atoms with Crippen LogP contribution < -0.4 is 19.5 Å². The first-order valence-corrected chi connectivity index (χ1v) is 10.3. The van der Waals surface area contributed by atoms with Crippen LogP contribution in [0.1, 0.15) is 11.1 Å². The minimum Gasteiger partial charge on any atom is -0.493 e. The van der Waals surface area contributed by atoms with Crippen molar-refractivity contribution in [2.45, 2.75) is 6.18 Å². The Labute approximate surface area is 176 Å². The van der Waals surface area contributed by atoms with Crippen LogP contribution in [0.3, 0.4) is 0 Å². The normalized spacial score (nSPS) is 12.2. The van der Waals surface area contributed by atoms with E-state index in [1.165, 1.54) is 20.3 Å². The van der Waals surface area contributed by atoms with E-state index in [-0.39, 0.29) is 23.9 Å². The fourth-order valence-corrected chi connectivity index (χ4v) is 3.32. The van der Waals surface area contributed by atoms with Gasteiger partial charge in [0.05, 0.1) is 24.8 Å². The van der Waals surface area contributed by atoms with Crippen LogP contribution in [0.15, 0.2) is 35.9 Å². The van der Waals surface area contributed by atoms with E-state index in [2.05, 4.69) is 15.0 Å². The summed E-state index contributed by atoms with van der Waals surface area (Å²) in [4.78, 5) is 3.61. The molecule has 0 radical (unpaired) electrons. The first-order chi connectivity index (χ1) is 14.1. The molecule has 30 heavy (non-hydrogen) atoms. The molecule has 1 aromatic heterocycles. The number of alkyl halides is 3. The number of ether oxygens (including phenoxy) is 2. The molecule has 0 fully saturated rings. The third-order valence-electron chi connectivity index (χ3n) is 3.74. The Kier molecular flexibility index (Phi) is 7.93. The molecular formula is C18H19ClF3N3O4S. The number of nitrogens with zero attached hydrogens (tertiary/aromatic N) is 1. The van der Waals surface area contributed by atoms with E-state index in [9.17, 15) is 21.6 Å². The molecule has 2 rings (SSSR count). The summed E-state index contributed by atoms with van der Waals surface area (Å²) in [6.07, 6.45) is -2.53. The van der Waals surface area contributed by atoms with Crippen LogP contribution in [0.4, 0.5) is 19.0 Å². The number of hydrogen-bond donors (Lipinski definition) is 2. The minimum atomic E-state index is -4.55. The number of methoxy groups -OCH3 is 2. The summed E-state index contributed by atoms with van der Waals surface area (Å²) >= 11 is 5.77. The number of sulfonamides is 1. The standard InChI is InChI=1S/C18H19ClF3N3O4S/c1-28-15-4-3-12(9-16(15)29-2)5-8-30(26,27)25-7-6-23-17-14(19)10-13(11-24-17)18(20,21)22/h3-5,8-11,25H,6-7H2,1-2H3,(H,23,24). The van der Waals surface area contributed by atoms with Gasteiger partial charge in [-0.15, -0.1) is 0 Å². The van der Waals surface area contributed by atoms with E-state index in [1.807, 2.05) is 0 Å².